The second-order valence-corrected chi connectivity index (χ2v) is 10.4. The molecule has 5 atom stereocenters. The number of carbonyl (C=O) groups excluding carboxylic acids is 1. The molecule has 31 heavy (non-hydrogen) atoms. The molecule has 168 valence electrons. The van der Waals surface area contributed by atoms with Crippen LogP contribution in [0.4, 0.5) is 0 Å². The van der Waals surface area contributed by atoms with Crippen LogP contribution in [0.2, 0.25) is 0 Å². The molecule has 1 N–H and O–H groups in total. The van der Waals surface area contributed by atoms with Crippen LogP contribution in [0.5, 0.6) is 0 Å². The zero-order valence-corrected chi connectivity index (χ0v) is 19.5. The van der Waals surface area contributed by atoms with Crippen LogP contribution in [-0.4, -0.2) is 39.5 Å². The lowest BCUT2D eigenvalue weighted by Gasteiger charge is -2.35. The smallest absolute Gasteiger partial charge is 0.262 e. The molecule has 2 fully saturated rings. The molecule has 1 aliphatic carbocycles. The summed E-state index contributed by atoms with van der Waals surface area (Å²) in [4.78, 5) is 31.0. The second-order valence-electron chi connectivity index (χ2n) is 9.10. The molecule has 6 nitrogen and oxygen atoms in total. The minimum atomic E-state index is -0.340. The van der Waals surface area contributed by atoms with E-state index in [1.165, 1.54) is 18.2 Å². The van der Waals surface area contributed by atoms with E-state index < -0.39 is 0 Å². The number of nitrogens with zero attached hydrogens (tertiary/aromatic N) is 2. The monoisotopic (exact) mass is 443 g/mol. The fourth-order valence-corrected chi connectivity index (χ4v) is 5.62. The highest BCUT2D eigenvalue weighted by molar-refractivity contribution is 8.00. The van der Waals surface area contributed by atoms with Gasteiger partial charge in [-0.2, -0.15) is 0 Å². The number of aromatic nitrogens is 2. The minimum Gasteiger partial charge on any atom is -0.376 e. The fraction of sp³-hybridized carbons (Fsp3) is 0.625. The number of carbonyl (C=O) groups is 1. The summed E-state index contributed by atoms with van der Waals surface area (Å²) in [6.45, 7) is 7.61. The van der Waals surface area contributed by atoms with Crippen LogP contribution < -0.4 is 10.9 Å². The Hall–Kier alpha value is -1.86. The molecule has 1 aromatic heterocycles. The average Bonchev–Trinajstić information content (AvgIpc) is 3.27. The third-order valence-corrected chi connectivity index (χ3v) is 8.01. The highest BCUT2D eigenvalue weighted by Crippen LogP contribution is 2.30. The first-order chi connectivity index (χ1) is 14.9. The van der Waals surface area contributed by atoms with Crippen molar-refractivity contribution in [3.8, 4) is 0 Å². The van der Waals surface area contributed by atoms with Gasteiger partial charge in [-0.25, -0.2) is 4.98 Å². The highest BCUT2D eigenvalue weighted by Gasteiger charge is 2.30. The lowest BCUT2D eigenvalue weighted by molar-refractivity contribution is -0.121. The van der Waals surface area contributed by atoms with Gasteiger partial charge in [-0.05, 0) is 50.2 Å². The summed E-state index contributed by atoms with van der Waals surface area (Å²) in [5.41, 5.74) is 0.604. The number of thioether (sulfide) groups is 1. The maximum absolute atomic E-state index is 13.2. The molecule has 2 aromatic rings. The van der Waals surface area contributed by atoms with Crippen LogP contribution in [-0.2, 0) is 16.1 Å². The van der Waals surface area contributed by atoms with Crippen molar-refractivity contribution in [3.63, 3.8) is 0 Å². The van der Waals surface area contributed by atoms with Crippen molar-refractivity contribution in [3.05, 3.63) is 34.6 Å². The molecule has 1 saturated carbocycles. The molecule has 2 heterocycles. The summed E-state index contributed by atoms with van der Waals surface area (Å²) in [5.74, 6) is 1.12. The number of amides is 1. The van der Waals surface area contributed by atoms with Crippen LogP contribution in [0.15, 0.2) is 34.2 Å². The standard InChI is InChI=1S/C24H33N3O3S/c1-15-8-6-12-20(16(15)2)25-22(28)17(3)31-24-26-21-11-5-4-10-19(21)23(29)27(24)14-18-9-7-13-30-18/h4-5,10-11,15-18,20H,6-9,12-14H2,1-3H3,(H,25,28)/t15-,16-,17-,18-,20+/m0/s1. The fourth-order valence-electron chi connectivity index (χ4n) is 4.69. The molecule has 1 aromatic carbocycles. The zero-order chi connectivity index (χ0) is 22.0. The van der Waals surface area contributed by atoms with Crippen molar-refractivity contribution >= 4 is 28.6 Å². The van der Waals surface area contributed by atoms with Gasteiger partial charge in [0.2, 0.25) is 5.91 Å². The van der Waals surface area contributed by atoms with Crippen molar-refractivity contribution in [1.29, 1.82) is 0 Å². The van der Waals surface area contributed by atoms with E-state index in [0.29, 0.717) is 34.4 Å². The lowest BCUT2D eigenvalue weighted by atomic mass is 9.78. The Morgan fingerprint density at radius 2 is 2.06 bits per heavy atom. The molecule has 1 amide bonds. The first kappa shape index (κ1) is 22.3. The van der Waals surface area contributed by atoms with Gasteiger partial charge < -0.3 is 10.1 Å². The largest absolute Gasteiger partial charge is 0.376 e. The third-order valence-electron chi connectivity index (χ3n) is 6.92. The Morgan fingerprint density at radius 1 is 1.26 bits per heavy atom. The Kier molecular flexibility index (Phi) is 7.02. The summed E-state index contributed by atoms with van der Waals surface area (Å²) >= 11 is 1.37. The molecular formula is C24H33N3O3S. The quantitative estimate of drug-likeness (QED) is 0.540. The van der Waals surface area contributed by atoms with Crippen molar-refractivity contribution in [2.75, 3.05) is 6.61 Å². The lowest BCUT2D eigenvalue weighted by Crippen LogP contribution is -2.46. The van der Waals surface area contributed by atoms with Gasteiger partial charge in [0.05, 0.1) is 28.8 Å². The van der Waals surface area contributed by atoms with Crippen LogP contribution in [0.1, 0.15) is 52.9 Å². The van der Waals surface area contributed by atoms with E-state index in [9.17, 15) is 9.59 Å². The van der Waals surface area contributed by atoms with Gasteiger partial charge in [0.15, 0.2) is 5.16 Å². The Balaban J connectivity index is 1.55. The van der Waals surface area contributed by atoms with Crippen LogP contribution >= 0.6 is 11.8 Å². The van der Waals surface area contributed by atoms with Gasteiger partial charge >= 0.3 is 0 Å². The molecule has 0 radical (unpaired) electrons. The predicted octanol–water partition coefficient (Wildman–Crippen LogP) is 4.00. The van der Waals surface area contributed by atoms with Gasteiger partial charge in [-0.15, -0.1) is 0 Å². The highest BCUT2D eigenvalue weighted by atomic mass is 32.2. The van der Waals surface area contributed by atoms with E-state index in [0.717, 1.165) is 32.3 Å². The summed E-state index contributed by atoms with van der Waals surface area (Å²) in [5, 5.41) is 4.12. The molecule has 0 unspecified atom stereocenters. The van der Waals surface area contributed by atoms with Gasteiger partial charge in [-0.1, -0.05) is 50.6 Å². The number of fused-ring (bicyclic) bond motifs is 1. The molecule has 1 aliphatic heterocycles. The number of nitrogens with one attached hydrogen (secondary N) is 1. The number of hydrogen-bond acceptors (Lipinski definition) is 5. The molecular weight excluding hydrogens is 410 g/mol. The number of para-hydroxylation sites is 1. The normalized spacial score (nSPS) is 27.3. The van der Waals surface area contributed by atoms with Gasteiger partial charge in [-0.3, -0.25) is 14.2 Å². The molecule has 2 aliphatic rings. The summed E-state index contributed by atoms with van der Waals surface area (Å²) in [7, 11) is 0. The Morgan fingerprint density at radius 3 is 2.84 bits per heavy atom. The molecule has 1 saturated heterocycles. The Bertz CT molecular complexity index is 986. The molecule has 7 heteroatoms. The Labute approximate surface area is 188 Å². The van der Waals surface area contributed by atoms with E-state index in [-0.39, 0.29) is 28.9 Å². The van der Waals surface area contributed by atoms with E-state index in [1.807, 2.05) is 31.2 Å². The van der Waals surface area contributed by atoms with Crippen LogP contribution in [0, 0.1) is 11.8 Å². The summed E-state index contributed by atoms with van der Waals surface area (Å²) in [6, 6.07) is 7.63. The van der Waals surface area contributed by atoms with Gasteiger partial charge in [0, 0.05) is 12.6 Å². The van der Waals surface area contributed by atoms with Crippen LogP contribution in [0.3, 0.4) is 0 Å². The topological polar surface area (TPSA) is 73.2 Å². The van der Waals surface area contributed by atoms with Crippen molar-refractivity contribution in [2.24, 2.45) is 11.8 Å². The van der Waals surface area contributed by atoms with Crippen molar-refractivity contribution in [1.82, 2.24) is 14.9 Å². The van der Waals surface area contributed by atoms with Gasteiger partial charge in [0.1, 0.15) is 0 Å². The van der Waals surface area contributed by atoms with Crippen LogP contribution in [0.25, 0.3) is 10.9 Å². The second kappa shape index (κ2) is 9.74. The van der Waals surface area contributed by atoms with E-state index >= 15 is 0 Å². The predicted molar refractivity (Wildman–Crippen MR) is 124 cm³/mol. The van der Waals surface area contributed by atoms with Crippen molar-refractivity contribution < 1.29 is 9.53 Å². The number of rotatable bonds is 6. The molecule has 0 spiro atoms. The number of hydrogen-bond donors (Lipinski definition) is 1. The summed E-state index contributed by atoms with van der Waals surface area (Å²) < 4.78 is 7.48. The maximum atomic E-state index is 13.2. The minimum absolute atomic E-state index is 0.0158. The first-order valence-corrected chi connectivity index (χ1v) is 12.4. The average molecular weight is 444 g/mol. The van der Waals surface area contributed by atoms with Gasteiger partial charge in [0.25, 0.3) is 5.56 Å². The number of benzene rings is 1. The molecule has 0 bridgehead atoms. The van der Waals surface area contributed by atoms with Crippen molar-refractivity contribution in [2.45, 2.75) is 82.0 Å². The van der Waals surface area contributed by atoms with E-state index in [1.54, 1.807) is 4.57 Å². The maximum Gasteiger partial charge on any atom is 0.262 e. The SMILES string of the molecule is C[C@H]1[C@@H](C)CCC[C@H]1NC(=O)[C@H](C)Sc1nc2ccccc2c(=O)n1C[C@@H]1CCCO1. The first-order valence-electron chi connectivity index (χ1n) is 11.5. The van der Waals surface area contributed by atoms with E-state index in [2.05, 4.69) is 19.2 Å². The third kappa shape index (κ3) is 4.98. The molecule has 4 rings (SSSR count). The zero-order valence-electron chi connectivity index (χ0n) is 18.7. The van der Waals surface area contributed by atoms with E-state index in [4.69, 9.17) is 9.72 Å². The number of ether oxygens (including phenoxy) is 1. The summed E-state index contributed by atoms with van der Waals surface area (Å²) in [6.07, 6.45) is 5.40.